The van der Waals surface area contributed by atoms with Gasteiger partial charge >= 0.3 is 6.18 Å². The zero-order chi connectivity index (χ0) is 19.6. The summed E-state index contributed by atoms with van der Waals surface area (Å²) in [6.45, 7) is 5.74. The van der Waals surface area contributed by atoms with E-state index in [1.165, 1.54) is 17.4 Å². The number of hydrogen-bond donors (Lipinski definition) is 1. The molecule has 2 aromatic rings. The highest BCUT2D eigenvalue weighted by Gasteiger charge is 2.35. The molecule has 0 saturated carbocycles. The molecule has 4 nitrogen and oxygen atoms in total. The Kier molecular flexibility index (Phi) is 5.95. The minimum absolute atomic E-state index is 0.146. The Labute approximate surface area is 161 Å². The first-order valence-electron chi connectivity index (χ1n) is 9.09. The lowest BCUT2D eigenvalue weighted by molar-refractivity contribution is -0.138. The van der Waals surface area contributed by atoms with Crippen molar-refractivity contribution in [3.8, 4) is 17.0 Å². The van der Waals surface area contributed by atoms with Crippen LogP contribution in [0.1, 0.15) is 37.1 Å². The second-order valence-electron chi connectivity index (χ2n) is 6.64. The molecule has 1 aliphatic rings. The molecule has 1 aliphatic heterocycles. The highest BCUT2D eigenvalue weighted by atomic mass is 32.1. The van der Waals surface area contributed by atoms with Crippen LogP contribution in [0, 0.1) is 0 Å². The maximum atomic E-state index is 13.5. The van der Waals surface area contributed by atoms with Gasteiger partial charge in [-0.2, -0.15) is 13.2 Å². The van der Waals surface area contributed by atoms with Gasteiger partial charge in [-0.3, -0.25) is 4.90 Å². The van der Waals surface area contributed by atoms with Crippen molar-refractivity contribution in [1.82, 2.24) is 9.88 Å². The van der Waals surface area contributed by atoms with E-state index in [1.807, 2.05) is 0 Å². The zero-order valence-corrected chi connectivity index (χ0v) is 16.5. The van der Waals surface area contributed by atoms with Crippen LogP contribution in [-0.4, -0.2) is 36.1 Å². The molecule has 0 amide bonds. The molecule has 1 atom stereocenters. The molecule has 1 unspecified atom stereocenters. The molecular formula is C19H24F3N3OS. The number of halogens is 3. The molecule has 0 bridgehead atoms. The van der Waals surface area contributed by atoms with E-state index in [0.717, 1.165) is 30.3 Å². The third-order valence-corrected chi connectivity index (χ3v) is 5.86. The largest absolute Gasteiger partial charge is 0.493 e. The van der Waals surface area contributed by atoms with Gasteiger partial charge in [0.2, 0.25) is 0 Å². The van der Waals surface area contributed by atoms with Crippen LogP contribution in [0.4, 0.5) is 18.3 Å². The van der Waals surface area contributed by atoms with E-state index in [9.17, 15) is 13.2 Å². The Morgan fingerprint density at radius 3 is 2.74 bits per heavy atom. The van der Waals surface area contributed by atoms with Crippen molar-refractivity contribution >= 4 is 16.5 Å². The summed E-state index contributed by atoms with van der Waals surface area (Å²) in [6, 6.07) is 4.67. The quantitative estimate of drug-likeness (QED) is 0.720. The summed E-state index contributed by atoms with van der Waals surface area (Å²) in [7, 11) is 1.77. The molecule has 3 rings (SSSR count). The van der Waals surface area contributed by atoms with E-state index in [4.69, 9.17) is 4.74 Å². The SMILES string of the molecule is CCOc1ccc(-c2nc(NC)sc2CN2CCCC2C)cc1C(F)(F)F. The van der Waals surface area contributed by atoms with Crippen LogP contribution in [0.25, 0.3) is 11.3 Å². The average Bonchev–Trinajstić information content (AvgIpc) is 3.21. The van der Waals surface area contributed by atoms with Gasteiger partial charge in [0, 0.05) is 30.1 Å². The molecule has 0 aliphatic carbocycles. The Balaban J connectivity index is 2.01. The molecule has 1 saturated heterocycles. The molecule has 1 aromatic heterocycles. The molecule has 0 spiro atoms. The first kappa shape index (κ1) is 19.9. The number of ether oxygens (including phenoxy) is 1. The van der Waals surface area contributed by atoms with Crippen molar-refractivity contribution in [3.05, 3.63) is 28.6 Å². The van der Waals surface area contributed by atoms with Crippen LogP contribution in [0.5, 0.6) is 5.75 Å². The van der Waals surface area contributed by atoms with Gasteiger partial charge in [-0.15, -0.1) is 11.3 Å². The summed E-state index contributed by atoms with van der Waals surface area (Å²) in [6.07, 6.45) is -2.18. The first-order valence-corrected chi connectivity index (χ1v) is 9.91. The molecule has 1 aromatic carbocycles. The van der Waals surface area contributed by atoms with E-state index < -0.39 is 11.7 Å². The van der Waals surface area contributed by atoms with E-state index in [0.29, 0.717) is 29.0 Å². The van der Waals surface area contributed by atoms with E-state index in [1.54, 1.807) is 20.0 Å². The van der Waals surface area contributed by atoms with E-state index in [-0.39, 0.29) is 12.4 Å². The van der Waals surface area contributed by atoms with Crippen molar-refractivity contribution in [2.75, 3.05) is 25.5 Å². The van der Waals surface area contributed by atoms with Crippen molar-refractivity contribution in [1.29, 1.82) is 0 Å². The molecular weight excluding hydrogens is 375 g/mol. The van der Waals surface area contributed by atoms with Gasteiger partial charge in [0.05, 0.1) is 17.9 Å². The molecule has 8 heteroatoms. The van der Waals surface area contributed by atoms with Crippen molar-refractivity contribution in [2.45, 2.75) is 45.5 Å². The number of likely N-dealkylation sites (tertiary alicyclic amines) is 1. The monoisotopic (exact) mass is 399 g/mol. The predicted octanol–water partition coefficient (Wildman–Crippen LogP) is 5.25. The second-order valence-corrected chi connectivity index (χ2v) is 7.73. The third kappa shape index (κ3) is 4.38. The van der Waals surface area contributed by atoms with Gasteiger partial charge in [0.15, 0.2) is 5.13 Å². The third-order valence-electron chi connectivity index (χ3n) is 4.81. The second kappa shape index (κ2) is 8.06. The fourth-order valence-corrected chi connectivity index (χ4v) is 4.35. The summed E-state index contributed by atoms with van der Waals surface area (Å²) in [5.74, 6) is -0.146. The number of alkyl halides is 3. The molecule has 2 heterocycles. The first-order chi connectivity index (χ1) is 12.8. The van der Waals surface area contributed by atoms with Gasteiger partial charge in [0.1, 0.15) is 5.75 Å². The Hall–Kier alpha value is -1.80. The highest BCUT2D eigenvalue weighted by molar-refractivity contribution is 7.16. The number of benzene rings is 1. The highest BCUT2D eigenvalue weighted by Crippen LogP contribution is 2.41. The van der Waals surface area contributed by atoms with Gasteiger partial charge in [-0.25, -0.2) is 4.98 Å². The fourth-order valence-electron chi connectivity index (χ4n) is 3.38. The average molecular weight is 399 g/mol. The van der Waals surface area contributed by atoms with Gasteiger partial charge in [-0.05, 0) is 51.4 Å². The van der Waals surface area contributed by atoms with Crippen LogP contribution in [-0.2, 0) is 12.7 Å². The number of thiazole rings is 1. The van der Waals surface area contributed by atoms with Crippen LogP contribution < -0.4 is 10.1 Å². The summed E-state index contributed by atoms with van der Waals surface area (Å²) in [4.78, 5) is 7.87. The number of nitrogens with zero attached hydrogens (tertiary/aromatic N) is 2. The van der Waals surface area contributed by atoms with Crippen molar-refractivity contribution in [3.63, 3.8) is 0 Å². The smallest absolute Gasteiger partial charge is 0.419 e. The van der Waals surface area contributed by atoms with E-state index in [2.05, 4.69) is 22.1 Å². The maximum absolute atomic E-state index is 13.5. The summed E-state index contributed by atoms with van der Waals surface area (Å²) < 4.78 is 45.7. The lowest BCUT2D eigenvalue weighted by Crippen LogP contribution is -2.25. The standard InChI is InChI=1S/C19H24F3N3OS/c1-4-26-15-8-7-13(10-14(15)19(20,21)22)17-16(27-18(23-3)24-17)11-25-9-5-6-12(25)2/h7-8,10,12H,4-6,9,11H2,1-3H3,(H,23,24). The van der Waals surface area contributed by atoms with Crippen LogP contribution >= 0.6 is 11.3 Å². The number of rotatable bonds is 6. The zero-order valence-electron chi connectivity index (χ0n) is 15.7. The summed E-state index contributed by atoms with van der Waals surface area (Å²) in [5, 5.41) is 3.72. The fraction of sp³-hybridized carbons (Fsp3) is 0.526. The Morgan fingerprint density at radius 1 is 1.37 bits per heavy atom. The normalized spacial score (nSPS) is 18.1. The summed E-state index contributed by atoms with van der Waals surface area (Å²) >= 11 is 1.49. The summed E-state index contributed by atoms with van der Waals surface area (Å²) in [5.41, 5.74) is 0.309. The van der Waals surface area contributed by atoms with Crippen LogP contribution in [0.2, 0.25) is 0 Å². The lowest BCUT2D eigenvalue weighted by Gasteiger charge is -2.20. The molecule has 27 heavy (non-hydrogen) atoms. The van der Waals surface area contributed by atoms with Gasteiger partial charge in [0.25, 0.3) is 0 Å². The molecule has 1 fully saturated rings. The topological polar surface area (TPSA) is 37.4 Å². The minimum Gasteiger partial charge on any atom is -0.493 e. The van der Waals surface area contributed by atoms with Gasteiger partial charge < -0.3 is 10.1 Å². The number of hydrogen-bond acceptors (Lipinski definition) is 5. The Bertz CT molecular complexity index is 791. The van der Waals surface area contributed by atoms with Crippen LogP contribution in [0.15, 0.2) is 18.2 Å². The Morgan fingerprint density at radius 2 is 2.15 bits per heavy atom. The van der Waals surface area contributed by atoms with Crippen molar-refractivity contribution in [2.24, 2.45) is 0 Å². The van der Waals surface area contributed by atoms with E-state index >= 15 is 0 Å². The number of anilines is 1. The van der Waals surface area contributed by atoms with Crippen LogP contribution in [0.3, 0.4) is 0 Å². The lowest BCUT2D eigenvalue weighted by atomic mass is 10.1. The molecule has 1 N–H and O–H groups in total. The van der Waals surface area contributed by atoms with Crippen molar-refractivity contribution < 1.29 is 17.9 Å². The predicted molar refractivity (Wildman–Crippen MR) is 102 cm³/mol. The molecule has 148 valence electrons. The number of nitrogens with one attached hydrogen (secondary N) is 1. The molecule has 0 radical (unpaired) electrons. The maximum Gasteiger partial charge on any atom is 0.419 e. The van der Waals surface area contributed by atoms with Gasteiger partial charge in [-0.1, -0.05) is 0 Å². The minimum atomic E-state index is -4.48. The number of aromatic nitrogens is 1.